The fourth-order valence-corrected chi connectivity index (χ4v) is 4.33. The number of hydrogen-bond donors (Lipinski definition) is 1. The molecule has 0 radical (unpaired) electrons. The number of thioether (sulfide) groups is 1. The number of carbonyl (C=O) groups is 2. The first kappa shape index (κ1) is 20.8. The summed E-state index contributed by atoms with van der Waals surface area (Å²) in [6, 6.07) is 5.53. The van der Waals surface area contributed by atoms with E-state index in [1.807, 2.05) is 12.1 Å². The molecule has 9 heteroatoms. The highest BCUT2D eigenvalue weighted by Crippen LogP contribution is 2.34. The van der Waals surface area contributed by atoms with Gasteiger partial charge < -0.3 is 9.52 Å². The Morgan fingerprint density at radius 3 is 2.89 bits per heavy atom. The molecule has 0 atom stereocenters. The van der Waals surface area contributed by atoms with Crippen molar-refractivity contribution >= 4 is 62.2 Å². The van der Waals surface area contributed by atoms with Crippen molar-refractivity contribution in [3.8, 4) is 11.3 Å². The molecule has 1 aliphatic rings. The summed E-state index contributed by atoms with van der Waals surface area (Å²) in [5.74, 6) is 0.284. The molecule has 2 aromatic heterocycles. The van der Waals surface area contributed by atoms with Gasteiger partial charge in [-0.2, -0.15) is 0 Å². The predicted molar refractivity (Wildman–Crippen MR) is 116 cm³/mol. The third kappa shape index (κ3) is 5.30. The number of carboxylic acid groups (broad SMARTS) is 1. The Morgan fingerprint density at radius 2 is 2.14 bits per heavy atom. The van der Waals surface area contributed by atoms with Crippen LogP contribution in [0.4, 0.5) is 0 Å². The first-order valence-corrected chi connectivity index (χ1v) is 10.6. The molecule has 6 nitrogen and oxygen atoms in total. The zero-order valence-electron chi connectivity index (χ0n) is 14.8. The van der Waals surface area contributed by atoms with Crippen molar-refractivity contribution < 1.29 is 19.1 Å². The van der Waals surface area contributed by atoms with Crippen LogP contribution in [-0.2, 0) is 9.59 Å². The van der Waals surface area contributed by atoms with E-state index in [0.717, 1.165) is 16.5 Å². The first-order chi connectivity index (χ1) is 13.4. The van der Waals surface area contributed by atoms with Gasteiger partial charge in [0.1, 0.15) is 15.8 Å². The summed E-state index contributed by atoms with van der Waals surface area (Å²) in [6.45, 7) is 0.495. The lowest BCUT2D eigenvalue weighted by atomic mass is 10.2. The third-order valence-electron chi connectivity index (χ3n) is 4.04. The molecule has 0 aliphatic carbocycles. The van der Waals surface area contributed by atoms with E-state index in [4.69, 9.17) is 21.7 Å². The first-order valence-electron chi connectivity index (χ1n) is 8.62. The van der Waals surface area contributed by atoms with Gasteiger partial charge in [0, 0.05) is 41.5 Å². The molecule has 3 rings (SSSR count). The maximum atomic E-state index is 12.6. The van der Waals surface area contributed by atoms with Crippen molar-refractivity contribution in [3.63, 3.8) is 0 Å². The zero-order valence-corrected chi connectivity index (χ0v) is 18.0. The molecule has 0 saturated carbocycles. The maximum absolute atomic E-state index is 12.6. The summed E-state index contributed by atoms with van der Waals surface area (Å²) >= 11 is 9.95. The minimum absolute atomic E-state index is 0.143. The summed E-state index contributed by atoms with van der Waals surface area (Å²) in [7, 11) is 0. The number of unbranched alkanes of at least 4 members (excludes halogenated alkanes) is 2. The van der Waals surface area contributed by atoms with Crippen LogP contribution in [0, 0.1) is 0 Å². The monoisotopic (exact) mass is 480 g/mol. The standard InChI is InChI=1S/C19H17BrN2O4S2/c20-13-8-12(10-21-11-13)15-6-5-14(26-15)9-16-18(25)22(19(27)28-16)7-3-1-2-4-17(23)24/h5-6,8-11H,1-4,7H2,(H,23,24)/b16-9-. The van der Waals surface area contributed by atoms with Crippen LogP contribution >= 0.6 is 39.9 Å². The van der Waals surface area contributed by atoms with Crippen molar-refractivity contribution in [1.82, 2.24) is 9.88 Å². The molecule has 1 N–H and O–H groups in total. The third-order valence-corrected chi connectivity index (χ3v) is 5.85. The number of halogens is 1. The van der Waals surface area contributed by atoms with E-state index in [1.54, 1.807) is 29.4 Å². The Labute approximate surface area is 180 Å². The second kappa shape index (κ2) is 9.49. The summed E-state index contributed by atoms with van der Waals surface area (Å²) < 4.78 is 7.19. The zero-order chi connectivity index (χ0) is 20.1. The van der Waals surface area contributed by atoms with Gasteiger partial charge in [0.05, 0.1) is 4.91 Å². The van der Waals surface area contributed by atoms with Crippen LogP contribution < -0.4 is 0 Å². The highest BCUT2D eigenvalue weighted by molar-refractivity contribution is 9.10. The molecule has 1 amide bonds. The molecule has 0 spiro atoms. The van der Waals surface area contributed by atoms with E-state index in [1.165, 1.54) is 11.8 Å². The van der Waals surface area contributed by atoms with Crippen LogP contribution in [0.3, 0.4) is 0 Å². The van der Waals surface area contributed by atoms with Crippen LogP contribution in [-0.4, -0.2) is 37.7 Å². The SMILES string of the molecule is O=C(O)CCCCCN1C(=O)/C(=C/c2ccc(-c3cncc(Br)c3)o2)SC1=S. The smallest absolute Gasteiger partial charge is 0.303 e. The Kier molecular flexibility index (Phi) is 7.03. The Hall–Kier alpha value is -1.97. The van der Waals surface area contributed by atoms with Gasteiger partial charge >= 0.3 is 5.97 Å². The highest BCUT2D eigenvalue weighted by Gasteiger charge is 2.31. The summed E-state index contributed by atoms with van der Waals surface area (Å²) in [5, 5.41) is 8.66. The van der Waals surface area contributed by atoms with Crippen LogP contribution in [0.2, 0.25) is 0 Å². The number of furan rings is 1. The van der Waals surface area contributed by atoms with Crippen molar-refractivity contribution in [2.24, 2.45) is 0 Å². The van der Waals surface area contributed by atoms with Crippen LogP contribution in [0.5, 0.6) is 0 Å². The quantitative estimate of drug-likeness (QED) is 0.325. The number of thiocarbonyl (C=S) groups is 1. The van der Waals surface area contributed by atoms with Gasteiger partial charge in [-0.3, -0.25) is 19.5 Å². The number of carboxylic acids is 1. The highest BCUT2D eigenvalue weighted by atomic mass is 79.9. The second-order valence-corrected chi connectivity index (χ2v) is 8.72. The van der Waals surface area contributed by atoms with Gasteiger partial charge in [0.2, 0.25) is 0 Å². The Balaban J connectivity index is 1.63. The Morgan fingerprint density at radius 1 is 1.32 bits per heavy atom. The lowest BCUT2D eigenvalue weighted by molar-refractivity contribution is -0.137. The molecule has 0 bridgehead atoms. The lowest BCUT2D eigenvalue weighted by Crippen LogP contribution is -2.29. The predicted octanol–water partition coefficient (Wildman–Crippen LogP) is 4.95. The number of carbonyl (C=O) groups excluding carboxylic acids is 1. The molecule has 1 aliphatic heterocycles. The minimum Gasteiger partial charge on any atom is -0.481 e. The van der Waals surface area contributed by atoms with E-state index in [9.17, 15) is 9.59 Å². The van der Waals surface area contributed by atoms with E-state index in [-0.39, 0.29) is 12.3 Å². The number of hydrogen-bond acceptors (Lipinski definition) is 6. The summed E-state index contributed by atoms with van der Waals surface area (Å²) in [4.78, 5) is 29.3. The maximum Gasteiger partial charge on any atom is 0.303 e. The van der Waals surface area contributed by atoms with Crippen LogP contribution in [0.1, 0.15) is 31.4 Å². The summed E-state index contributed by atoms with van der Waals surface area (Å²) in [6.07, 6.45) is 7.29. The number of nitrogens with zero attached hydrogens (tertiary/aromatic N) is 2. The molecule has 1 saturated heterocycles. The summed E-state index contributed by atoms with van der Waals surface area (Å²) in [5.41, 5.74) is 0.836. The molecule has 0 aromatic carbocycles. The molecular formula is C19H17BrN2O4S2. The number of pyridine rings is 1. The van der Waals surface area contributed by atoms with Crippen molar-refractivity contribution in [3.05, 3.63) is 45.7 Å². The number of rotatable bonds is 8. The molecule has 28 heavy (non-hydrogen) atoms. The second-order valence-electron chi connectivity index (χ2n) is 6.13. The number of aromatic nitrogens is 1. The molecular weight excluding hydrogens is 464 g/mol. The molecule has 146 valence electrons. The lowest BCUT2D eigenvalue weighted by Gasteiger charge is -2.13. The van der Waals surface area contributed by atoms with Gasteiger partial charge in [-0.25, -0.2) is 0 Å². The fraction of sp³-hybridized carbons (Fsp3) is 0.263. The van der Waals surface area contributed by atoms with Gasteiger partial charge in [0.15, 0.2) is 0 Å². The minimum atomic E-state index is -0.801. The largest absolute Gasteiger partial charge is 0.481 e. The number of amides is 1. The van der Waals surface area contributed by atoms with Crippen molar-refractivity contribution in [1.29, 1.82) is 0 Å². The average molecular weight is 481 g/mol. The topological polar surface area (TPSA) is 83.6 Å². The van der Waals surface area contributed by atoms with Gasteiger partial charge in [-0.05, 0) is 47.0 Å². The van der Waals surface area contributed by atoms with E-state index < -0.39 is 5.97 Å². The van der Waals surface area contributed by atoms with Gasteiger partial charge in [-0.1, -0.05) is 30.4 Å². The van der Waals surface area contributed by atoms with Crippen molar-refractivity contribution in [2.75, 3.05) is 6.54 Å². The molecule has 1 fully saturated rings. The van der Waals surface area contributed by atoms with E-state index >= 15 is 0 Å². The van der Waals surface area contributed by atoms with Gasteiger partial charge in [-0.15, -0.1) is 0 Å². The van der Waals surface area contributed by atoms with Crippen LogP contribution in [0.25, 0.3) is 17.4 Å². The van der Waals surface area contributed by atoms with E-state index in [2.05, 4.69) is 20.9 Å². The molecule has 0 unspecified atom stereocenters. The van der Waals surface area contributed by atoms with Crippen molar-refractivity contribution in [2.45, 2.75) is 25.7 Å². The normalized spacial score (nSPS) is 15.6. The van der Waals surface area contributed by atoms with Crippen LogP contribution in [0.15, 0.2) is 44.4 Å². The molecule has 2 aromatic rings. The number of aliphatic carboxylic acids is 1. The average Bonchev–Trinajstić information content (AvgIpc) is 3.21. The fourth-order valence-electron chi connectivity index (χ4n) is 2.68. The molecule has 3 heterocycles. The Bertz CT molecular complexity index is 942. The van der Waals surface area contributed by atoms with Gasteiger partial charge in [0.25, 0.3) is 5.91 Å². The van der Waals surface area contributed by atoms with E-state index in [0.29, 0.717) is 40.1 Å².